The van der Waals surface area contributed by atoms with E-state index < -0.39 is 42.3 Å². The molecule has 0 aliphatic heterocycles. The second-order valence-corrected chi connectivity index (χ2v) is 8.93. The number of para-hydroxylation sites is 1. The molecule has 0 bridgehead atoms. The molecule has 6 N–H and O–H groups in total. The number of carbonyl (C=O) groups is 4. The molecule has 0 aliphatic carbocycles. The summed E-state index contributed by atoms with van der Waals surface area (Å²) < 4.78 is 0. The SMILES string of the molecule is NC(=O)CCC(N)C(=O)NC(CSCc1ccc(Cl)cc1)C(=O)N(CC(=O)O)c1ccccc1. The topological polar surface area (TPSA) is 156 Å². The smallest absolute Gasteiger partial charge is 0.323 e. The monoisotopic (exact) mass is 506 g/mol. The van der Waals surface area contributed by atoms with Crippen molar-refractivity contribution in [3.05, 3.63) is 65.2 Å². The molecule has 0 saturated carbocycles. The number of hydrogen-bond acceptors (Lipinski definition) is 6. The fraction of sp³-hybridized carbons (Fsp3) is 0.304. The number of carboxylic acids is 1. The van der Waals surface area contributed by atoms with Gasteiger partial charge in [0.1, 0.15) is 12.6 Å². The van der Waals surface area contributed by atoms with Crippen molar-refractivity contribution < 1.29 is 24.3 Å². The molecule has 2 atom stereocenters. The molecular formula is C23H27ClN4O5S. The molecule has 0 fully saturated rings. The molecule has 0 aliphatic rings. The lowest BCUT2D eigenvalue weighted by Gasteiger charge is -2.27. The van der Waals surface area contributed by atoms with Crippen molar-refractivity contribution in [1.82, 2.24) is 5.32 Å². The first-order valence-corrected chi connectivity index (χ1v) is 11.9. The van der Waals surface area contributed by atoms with Gasteiger partial charge in [0.2, 0.25) is 11.8 Å². The maximum atomic E-state index is 13.4. The number of thioether (sulfide) groups is 1. The molecule has 3 amide bonds. The summed E-state index contributed by atoms with van der Waals surface area (Å²) in [6.07, 6.45) is -0.0504. The minimum atomic E-state index is -1.20. The number of hydrogen-bond donors (Lipinski definition) is 4. The Balaban J connectivity index is 2.19. The highest BCUT2D eigenvalue weighted by molar-refractivity contribution is 7.98. The molecule has 2 unspecified atom stereocenters. The Kier molecular flexibility index (Phi) is 10.9. The van der Waals surface area contributed by atoms with E-state index in [0.29, 0.717) is 16.5 Å². The van der Waals surface area contributed by atoms with Crippen molar-refractivity contribution >= 4 is 52.7 Å². The number of aliphatic carboxylic acids is 1. The standard InChI is InChI=1S/C23H27ClN4O5S/c24-16-8-6-15(7-9-16)13-34-14-19(27-22(32)18(25)10-11-20(26)29)23(33)28(12-21(30)31)17-4-2-1-3-5-17/h1-9,18-19H,10-14,25H2,(H2,26,29)(H,27,32)(H,30,31). The zero-order valence-electron chi connectivity index (χ0n) is 18.4. The Morgan fingerprint density at radius 3 is 2.29 bits per heavy atom. The molecule has 0 aromatic heterocycles. The number of primary amides is 1. The Hall–Kier alpha value is -3.08. The number of nitrogens with one attached hydrogen (secondary N) is 1. The third-order valence-corrected chi connectivity index (χ3v) is 6.11. The first-order valence-electron chi connectivity index (χ1n) is 10.4. The predicted molar refractivity (Wildman–Crippen MR) is 132 cm³/mol. The number of anilines is 1. The van der Waals surface area contributed by atoms with E-state index in [0.717, 1.165) is 10.5 Å². The Bertz CT molecular complexity index is 991. The maximum absolute atomic E-state index is 13.4. The number of benzene rings is 2. The van der Waals surface area contributed by atoms with Gasteiger partial charge >= 0.3 is 5.97 Å². The molecule has 0 saturated heterocycles. The quantitative estimate of drug-likeness (QED) is 0.322. The fourth-order valence-electron chi connectivity index (χ4n) is 2.99. The predicted octanol–water partition coefficient (Wildman–Crippen LogP) is 1.77. The lowest BCUT2D eigenvalue weighted by molar-refractivity contribution is -0.137. The second-order valence-electron chi connectivity index (χ2n) is 7.47. The molecule has 0 spiro atoms. The highest BCUT2D eigenvalue weighted by atomic mass is 35.5. The van der Waals surface area contributed by atoms with Crippen LogP contribution in [-0.2, 0) is 24.9 Å². The number of amides is 3. The van der Waals surface area contributed by atoms with Gasteiger partial charge in [-0.25, -0.2) is 0 Å². The number of halogens is 1. The van der Waals surface area contributed by atoms with Gasteiger partial charge in [0.25, 0.3) is 5.91 Å². The summed E-state index contributed by atoms with van der Waals surface area (Å²) in [5.41, 5.74) is 12.3. The van der Waals surface area contributed by atoms with Crippen LogP contribution >= 0.6 is 23.4 Å². The van der Waals surface area contributed by atoms with E-state index in [9.17, 15) is 24.3 Å². The number of carbonyl (C=O) groups excluding carboxylic acids is 3. The molecule has 34 heavy (non-hydrogen) atoms. The van der Waals surface area contributed by atoms with Crippen LogP contribution in [0.4, 0.5) is 5.69 Å². The first-order chi connectivity index (χ1) is 16.2. The van der Waals surface area contributed by atoms with E-state index in [1.165, 1.54) is 11.8 Å². The van der Waals surface area contributed by atoms with E-state index >= 15 is 0 Å². The normalized spacial score (nSPS) is 12.4. The minimum Gasteiger partial charge on any atom is -0.480 e. The van der Waals surface area contributed by atoms with Gasteiger partial charge in [-0.15, -0.1) is 0 Å². The zero-order valence-corrected chi connectivity index (χ0v) is 19.9. The molecule has 2 aromatic rings. The van der Waals surface area contributed by atoms with E-state index in [1.807, 2.05) is 12.1 Å². The summed E-state index contributed by atoms with van der Waals surface area (Å²) in [7, 11) is 0. The number of nitrogens with zero attached hydrogens (tertiary/aromatic N) is 1. The van der Waals surface area contributed by atoms with Crippen LogP contribution in [-0.4, -0.2) is 53.2 Å². The number of carboxylic acid groups (broad SMARTS) is 1. The van der Waals surface area contributed by atoms with Gasteiger partial charge in [0.05, 0.1) is 6.04 Å². The van der Waals surface area contributed by atoms with Crippen molar-refractivity contribution in [2.45, 2.75) is 30.7 Å². The van der Waals surface area contributed by atoms with Crippen LogP contribution in [0.5, 0.6) is 0 Å². The molecule has 2 aromatic carbocycles. The average molecular weight is 507 g/mol. The molecule has 182 valence electrons. The van der Waals surface area contributed by atoms with Crippen LogP contribution in [0.2, 0.25) is 5.02 Å². The second kappa shape index (κ2) is 13.6. The zero-order chi connectivity index (χ0) is 25.1. The Morgan fingerprint density at radius 2 is 1.71 bits per heavy atom. The van der Waals surface area contributed by atoms with Crippen molar-refractivity contribution in [2.75, 3.05) is 17.2 Å². The number of rotatable bonds is 13. The van der Waals surface area contributed by atoms with Gasteiger partial charge in [-0.3, -0.25) is 24.1 Å². The molecular weight excluding hydrogens is 480 g/mol. The molecule has 9 nitrogen and oxygen atoms in total. The van der Waals surface area contributed by atoms with Gasteiger partial charge in [0.15, 0.2) is 0 Å². The maximum Gasteiger partial charge on any atom is 0.323 e. The van der Waals surface area contributed by atoms with E-state index in [2.05, 4.69) is 5.32 Å². The summed E-state index contributed by atoms with van der Waals surface area (Å²) in [6, 6.07) is 13.4. The summed E-state index contributed by atoms with van der Waals surface area (Å²) in [4.78, 5) is 49.6. The van der Waals surface area contributed by atoms with Crippen molar-refractivity contribution in [3.63, 3.8) is 0 Å². The molecule has 0 heterocycles. The summed E-state index contributed by atoms with van der Waals surface area (Å²) in [6.45, 7) is -0.579. The van der Waals surface area contributed by atoms with E-state index in [4.69, 9.17) is 23.1 Å². The lowest BCUT2D eigenvalue weighted by atomic mass is 10.1. The van der Waals surface area contributed by atoms with Crippen LogP contribution < -0.4 is 21.7 Å². The van der Waals surface area contributed by atoms with Gasteiger partial charge in [-0.2, -0.15) is 11.8 Å². The largest absolute Gasteiger partial charge is 0.480 e. The van der Waals surface area contributed by atoms with Gasteiger partial charge in [-0.1, -0.05) is 41.9 Å². The first kappa shape index (κ1) is 27.2. The van der Waals surface area contributed by atoms with Crippen LogP contribution in [0.3, 0.4) is 0 Å². The highest BCUT2D eigenvalue weighted by Gasteiger charge is 2.30. The summed E-state index contributed by atoms with van der Waals surface area (Å²) >= 11 is 7.30. The van der Waals surface area contributed by atoms with Crippen molar-refractivity contribution in [2.24, 2.45) is 11.5 Å². The molecule has 11 heteroatoms. The highest BCUT2D eigenvalue weighted by Crippen LogP contribution is 2.19. The van der Waals surface area contributed by atoms with Crippen LogP contribution in [0.1, 0.15) is 18.4 Å². The van der Waals surface area contributed by atoms with E-state index in [1.54, 1.807) is 42.5 Å². The van der Waals surface area contributed by atoms with Gasteiger partial charge < -0.3 is 21.9 Å². The number of nitrogens with two attached hydrogens (primary N) is 2. The Morgan fingerprint density at radius 1 is 1.06 bits per heavy atom. The third kappa shape index (κ3) is 9.05. The Labute approximate surface area is 206 Å². The van der Waals surface area contributed by atoms with Gasteiger partial charge in [0, 0.05) is 28.6 Å². The van der Waals surface area contributed by atoms with Crippen LogP contribution in [0.25, 0.3) is 0 Å². The van der Waals surface area contributed by atoms with E-state index in [-0.39, 0.29) is 18.6 Å². The minimum absolute atomic E-state index is 0.0253. The fourth-order valence-corrected chi connectivity index (χ4v) is 4.12. The third-order valence-electron chi connectivity index (χ3n) is 4.75. The van der Waals surface area contributed by atoms with Crippen molar-refractivity contribution in [3.8, 4) is 0 Å². The van der Waals surface area contributed by atoms with Crippen molar-refractivity contribution in [1.29, 1.82) is 0 Å². The molecule has 2 rings (SSSR count). The summed E-state index contributed by atoms with van der Waals surface area (Å²) in [5.74, 6) is -2.31. The summed E-state index contributed by atoms with van der Waals surface area (Å²) in [5, 5.41) is 12.6. The lowest BCUT2D eigenvalue weighted by Crippen LogP contribution is -2.54. The van der Waals surface area contributed by atoms with Crippen LogP contribution in [0, 0.1) is 0 Å². The van der Waals surface area contributed by atoms with Crippen LogP contribution in [0.15, 0.2) is 54.6 Å². The van der Waals surface area contributed by atoms with Gasteiger partial charge in [-0.05, 0) is 36.2 Å². The molecule has 0 radical (unpaired) electrons. The average Bonchev–Trinajstić information content (AvgIpc) is 2.81.